The number of rotatable bonds is 6. The Labute approximate surface area is 156 Å². The first-order chi connectivity index (χ1) is 12.6. The Morgan fingerprint density at radius 2 is 2.08 bits per heavy atom. The third kappa shape index (κ3) is 4.25. The van der Waals surface area contributed by atoms with Gasteiger partial charge in [-0.3, -0.25) is 14.5 Å². The van der Waals surface area contributed by atoms with Gasteiger partial charge in [-0.2, -0.15) is 5.10 Å². The molecule has 0 aliphatic heterocycles. The summed E-state index contributed by atoms with van der Waals surface area (Å²) in [7, 11) is 1.64. The smallest absolute Gasteiger partial charge is 0.244 e. The molecule has 0 unspecified atom stereocenters. The SMILES string of the molecule is COCc1cccc(NC(=O)Cn2c(-c3cccc(C)c3)n[nH]c2=S)c1. The van der Waals surface area contributed by atoms with Crippen LogP contribution in [0.2, 0.25) is 0 Å². The van der Waals surface area contributed by atoms with Gasteiger partial charge in [-0.15, -0.1) is 0 Å². The lowest BCUT2D eigenvalue weighted by Gasteiger charge is -2.10. The van der Waals surface area contributed by atoms with Crippen LogP contribution in [0.4, 0.5) is 5.69 Å². The Morgan fingerprint density at radius 3 is 2.85 bits per heavy atom. The Kier molecular flexibility index (Phi) is 5.60. The highest BCUT2D eigenvalue weighted by atomic mass is 32.1. The molecule has 1 heterocycles. The van der Waals surface area contributed by atoms with E-state index < -0.39 is 0 Å². The van der Waals surface area contributed by atoms with Gasteiger partial charge in [-0.1, -0.05) is 35.9 Å². The van der Waals surface area contributed by atoms with Crippen molar-refractivity contribution in [2.75, 3.05) is 12.4 Å². The van der Waals surface area contributed by atoms with Crippen LogP contribution in [0.15, 0.2) is 48.5 Å². The number of carbonyl (C=O) groups excluding carboxylic acids is 1. The fourth-order valence-corrected chi connectivity index (χ4v) is 2.92. The maximum atomic E-state index is 12.5. The molecule has 1 amide bonds. The van der Waals surface area contributed by atoms with Crippen LogP contribution in [0.3, 0.4) is 0 Å². The van der Waals surface area contributed by atoms with E-state index in [2.05, 4.69) is 15.5 Å². The molecule has 134 valence electrons. The molecule has 0 atom stereocenters. The minimum Gasteiger partial charge on any atom is -0.380 e. The summed E-state index contributed by atoms with van der Waals surface area (Å²) in [4.78, 5) is 12.5. The molecule has 3 rings (SSSR count). The third-order valence-corrected chi connectivity index (χ3v) is 4.17. The molecule has 0 aliphatic rings. The zero-order valence-corrected chi connectivity index (χ0v) is 15.5. The first-order valence-electron chi connectivity index (χ1n) is 8.17. The van der Waals surface area contributed by atoms with E-state index in [1.165, 1.54) is 0 Å². The van der Waals surface area contributed by atoms with Gasteiger partial charge in [-0.25, -0.2) is 0 Å². The lowest BCUT2D eigenvalue weighted by Crippen LogP contribution is -2.19. The molecule has 1 aromatic heterocycles. The maximum absolute atomic E-state index is 12.5. The van der Waals surface area contributed by atoms with Crippen LogP contribution in [0.25, 0.3) is 11.4 Å². The van der Waals surface area contributed by atoms with Crippen LogP contribution < -0.4 is 5.32 Å². The molecule has 7 heteroatoms. The van der Waals surface area contributed by atoms with E-state index in [1.807, 2.05) is 55.5 Å². The predicted molar refractivity (Wildman–Crippen MR) is 103 cm³/mol. The summed E-state index contributed by atoms with van der Waals surface area (Å²) >= 11 is 5.29. The number of nitrogens with one attached hydrogen (secondary N) is 2. The Balaban J connectivity index is 1.79. The molecule has 0 saturated carbocycles. The van der Waals surface area contributed by atoms with E-state index in [9.17, 15) is 4.79 Å². The average molecular weight is 368 g/mol. The number of aryl methyl sites for hydroxylation is 1. The van der Waals surface area contributed by atoms with Crippen LogP contribution in [-0.2, 0) is 22.7 Å². The van der Waals surface area contributed by atoms with Crippen molar-refractivity contribution in [3.8, 4) is 11.4 Å². The number of nitrogens with zero attached hydrogens (tertiary/aromatic N) is 2. The number of aromatic nitrogens is 3. The first-order valence-corrected chi connectivity index (χ1v) is 8.57. The van der Waals surface area contributed by atoms with Gasteiger partial charge >= 0.3 is 0 Å². The number of hydrogen-bond donors (Lipinski definition) is 2. The van der Waals surface area contributed by atoms with Crippen LogP contribution >= 0.6 is 12.2 Å². The van der Waals surface area contributed by atoms with Crippen molar-refractivity contribution in [3.63, 3.8) is 0 Å². The number of aromatic amines is 1. The number of hydrogen-bond acceptors (Lipinski definition) is 4. The summed E-state index contributed by atoms with van der Waals surface area (Å²) in [5.41, 5.74) is 3.73. The quantitative estimate of drug-likeness (QED) is 0.651. The zero-order valence-electron chi connectivity index (χ0n) is 14.7. The molecule has 6 nitrogen and oxygen atoms in total. The van der Waals surface area contributed by atoms with Gasteiger partial charge in [-0.05, 0) is 42.9 Å². The molecular formula is C19H20N4O2S. The molecule has 0 bridgehead atoms. The van der Waals surface area contributed by atoms with Crippen molar-refractivity contribution in [1.29, 1.82) is 0 Å². The lowest BCUT2D eigenvalue weighted by atomic mass is 10.1. The highest BCUT2D eigenvalue weighted by Gasteiger charge is 2.13. The van der Waals surface area contributed by atoms with Crippen molar-refractivity contribution in [3.05, 3.63) is 64.4 Å². The van der Waals surface area contributed by atoms with Crippen LogP contribution in [0.1, 0.15) is 11.1 Å². The molecule has 0 radical (unpaired) electrons. The Morgan fingerprint density at radius 1 is 1.27 bits per heavy atom. The minimum absolute atomic E-state index is 0.0765. The van der Waals surface area contributed by atoms with Crippen LogP contribution in [0.5, 0.6) is 0 Å². The monoisotopic (exact) mass is 368 g/mol. The van der Waals surface area contributed by atoms with Crippen molar-refractivity contribution >= 4 is 23.8 Å². The number of H-pyrrole nitrogens is 1. The second kappa shape index (κ2) is 8.07. The maximum Gasteiger partial charge on any atom is 0.244 e. The number of benzene rings is 2. The molecule has 0 spiro atoms. The highest BCUT2D eigenvalue weighted by molar-refractivity contribution is 7.71. The van der Waals surface area contributed by atoms with E-state index in [0.29, 0.717) is 17.2 Å². The number of amides is 1. The molecular weight excluding hydrogens is 348 g/mol. The number of methoxy groups -OCH3 is 1. The summed E-state index contributed by atoms with van der Waals surface area (Å²) in [6.07, 6.45) is 0. The average Bonchev–Trinajstić information content (AvgIpc) is 2.96. The fourth-order valence-electron chi connectivity index (χ4n) is 2.72. The summed E-state index contributed by atoms with van der Waals surface area (Å²) in [5, 5.41) is 9.94. The Hall–Kier alpha value is -2.77. The van der Waals surface area contributed by atoms with Gasteiger partial charge in [0.15, 0.2) is 10.6 Å². The van der Waals surface area contributed by atoms with Crippen LogP contribution in [0, 0.1) is 11.7 Å². The number of carbonyl (C=O) groups is 1. The van der Waals surface area contributed by atoms with Crippen LogP contribution in [-0.4, -0.2) is 27.8 Å². The fraction of sp³-hybridized carbons (Fsp3) is 0.211. The first kappa shape index (κ1) is 18.0. The molecule has 3 aromatic rings. The zero-order chi connectivity index (χ0) is 18.5. The number of anilines is 1. The third-order valence-electron chi connectivity index (χ3n) is 3.86. The largest absolute Gasteiger partial charge is 0.380 e. The minimum atomic E-state index is -0.175. The van der Waals surface area contributed by atoms with Gasteiger partial charge < -0.3 is 10.1 Å². The van der Waals surface area contributed by atoms with Gasteiger partial charge in [0.25, 0.3) is 0 Å². The van der Waals surface area contributed by atoms with Gasteiger partial charge in [0, 0.05) is 18.4 Å². The summed E-state index contributed by atoms with van der Waals surface area (Å²) in [5.74, 6) is 0.466. The van der Waals surface area contributed by atoms with E-state index in [4.69, 9.17) is 17.0 Å². The summed E-state index contributed by atoms with van der Waals surface area (Å²) in [6, 6.07) is 15.5. The molecule has 2 N–H and O–H groups in total. The standard InChI is InChI=1S/C19H20N4O2S/c1-13-5-3-7-15(9-13)18-21-22-19(26)23(18)11-17(24)20-16-8-4-6-14(10-16)12-25-2/h3-10H,11-12H2,1-2H3,(H,20,24)(H,22,26). The van der Waals surface area contributed by atoms with Gasteiger partial charge in [0.05, 0.1) is 6.61 Å². The van der Waals surface area contributed by atoms with E-state index in [0.717, 1.165) is 22.4 Å². The van der Waals surface area contributed by atoms with Crippen molar-refractivity contribution in [2.45, 2.75) is 20.1 Å². The second-order valence-corrected chi connectivity index (χ2v) is 6.38. The normalized spacial score (nSPS) is 10.7. The number of ether oxygens (including phenoxy) is 1. The van der Waals surface area contributed by atoms with Gasteiger partial charge in [0.2, 0.25) is 5.91 Å². The molecule has 0 saturated heterocycles. The molecule has 26 heavy (non-hydrogen) atoms. The van der Waals surface area contributed by atoms with Gasteiger partial charge in [0.1, 0.15) is 6.54 Å². The molecule has 0 aliphatic carbocycles. The van der Waals surface area contributed by atoms with E-state index >= 15 is 0 Å². The Bertz CT molecular complexity index is 977. The lowest BCUT2D eigenvalue weighted by molar-refractivity contribution is -0.116. The molecule has 2 aromatic carbocycles. The van der Waals surface area contributed by atoms with E-state index in [1.54, 1.807) is 11.7 Å². The van der Waals surface area contributed by atoms with Crippen molar-refractivity contribution in [1.82, 2.24) is 14.8 Å². The van der Waals surface area contributed by atoms with Crippen molar-refractivity contribution < 1.29 is 9.53 Å². The highest BCUT2D eigenvalue weighted by Crippen LogP contribution is 2.19. The topological polar surface area (TPSA) is 71.9 Å². The summed E-state index contributed by atoms with van der Waals surface area (Å²) < 4.78 is 7.22. The second-order valence-electron chi connectivity index (χ2n) is 5.99. The summed E-state index contributed by atoms with van der Waals surface area (Å²) in [6.45, 7) is 2.58. The van der Waals surface area contributed by atoms with E-state index in [-0.39, 0.29) is 12.5 Å². The van der Waals surface area contributed by atoms with Crippen molar-refractivity contribution in [2.24, 2.45) is 0 Å². The molecule has 0 fully saturated rings. The predicted octanol–water partition coefficient (Wildman–Crippen LogP) is 3.70.